The molecule has 0 radical (unpaired) electrons. The Bertz CT molecular complexity index is 678. The van der Waals surface area contributed by atoms with Gasteiger partial charge in [0.05, 0.1) is 6.10 Å². The molecule has 0 bridgehead atoms. The summed E-state index contributed by atoms with van der Waals surface area (Å²) in [4.78, 5) is 0. The van der Waals surface area contributed by atoms with E-state index >= 15 is 0 Å². The molecular formula is C19H26BrCl2FN2O2. The van der Waals surface area contributed by atoms with Crippen molar-refractivity contribution in [3.05, 3.63) is 63.9 Å². The van der Waals surface area contributed by atoms with E-state index in [1.807, 2.05) is 18.2 Å². The highest BCUT2D eigenvalue weighted by Crippen LogP contribution is 2.24. The molecule has 2 aromatic rings. The third-order valence-electron chi connectivity index (χ3n) is 3.60. The maximum absolute atomic E-state index is 13.7. The predicted octanol–water partition coefficient (Wildman–Crippen LogP) is 4.07. The molecule has 0 heterocycles. The average Bonchev–Trinajstić information content (AvgIpc) is 2.58. The number of hydrogen-bond acceptors (Lipinski definition) is 4. The predicted molar refractivity (Wildman–Crippen MR) is 116 cm³/mol. The summed E-state index contributed by atoms with van der Waals surface area (Å²) >= 11 is 3.47. The van der Waals surface area contributed by atoms with Crippen LogP contribution in [-0.4, -0.2) is 30.8 Å². The van der Waals surface area contributed by atoms with Gasteiger partial charge in [0.15, 0.2) is 0 Å². The molecule has 0 aliphatic heterocycles. The van der Waals surface area contributed by atoms with Gasteiger partial charge in [-0.1, -0.05) is 34.1 Å². The standard InChI is InChI=1S/C19H24BrFN2O2.2ClH/c1-14(24)11-22-8-9-23-12-16-10-17(20)6-7-19(16)25-13-15-4-2-3-5-18(15)21;;/h2-7,10,14,22-24H,8-9,11-13H2,1H3;2*1H. The normalized spacial score (nSPS) is 11.3. The zero-order valence-electron chi connectivity index (χ0n) is 15.1. The van der Waals surface area contributed by atoms with Crippen molar-refractivity contribution in [2.75, 3.05) is 19.6 Å². The Labute approximate surface area is 180 Å². The van der Waals surface area contributed by atoms with Gasteiger partial charge in [-0.2, -0.15) is 0 Å². The largest absolute Gasteiger partial charge is 0.488 e. The summed E-state index contributed by atoms with van der Waals surface area (Å²) in [5, 5.41) is 15.7. The third kappa shape index (κ3) is 9.74. The van der Waals surface area contributed by atoms with Gasteiger partial charge in [0, 0.05) is 41.8 Å². The summed E-state index contributed by atoms with van der Waals surface area (Å²) in [6.07, 6.45) is -0.344. The minimum atomic E-state index is -0.344. The summed E-state index contributed by atoms with van der Waals surface area (Å²) in [6.45, 7) is 4.70. The second kappa shape index (κ2) is 14.2. The molecule has 8 heteroatoms. The molecule has 1 unspecified atom stereocenters. The van der Waals surface area contributed by atoms with Gasteiger partial charge in [0.25, 0.3) is 0 Å². The first kappa shape index (κ1) is 26.1. The van der Waals surface area contributed by atoms with E-state index in [1.54, 1.807) is 25.1 Å². The Balaban J connectivity index is 0.00000338. The fraction of sp³-hybridized carbons (Fsp3) is 0.368. The van der Waals surface area contributed by atoms with Crippen LogP contribution >= 0.6 is 40.7 Å². The quantitative estimate of drug-likeness (QED) is 0.446. The minimum Gasteiger partial charge on any atom is -0.488 e. The summed E-state index contributed by atoms with van der Waals surface area (Å²) in [5.74, 6) is 0.472. The topological polar surface area (TPSA) is 53.5 Å². The van der Waals surface area contributed by atoms with Crippen LogP contribution in [0.2, 0.25) is 0 Å². The van der Waals surface area contributed by atoms with Crippen LogP contribution in [0.1, 0.15) is 18.1 Å². The molecule has 0 spiro atoms. The lowest BCUT2D eigenvalue weighted by atomic mass is 10.2. The van der Waals surface area contributed by atoms with Crippen molar-refractivity contribution in [2.45, 2.75) is 26.2 Å². The van der Waals surface area contributed by atoms with Crippen LogP contribution in [0.15, 0.2) is 46.9 Å². The molecule has 27 heavy (non-hydrogen) atoms. The average molecular weight is 484 g/mol. The van der Waals surface area contributed by atoms with Gasteiger partial charge in [0.1, 0.15) is 18.2 Å². The molecule has 0 fully saturated rings. The van der Waals surface area contributed by atoms with Gasteiger partial charge in [-0.05, 0) is 31.2 Å². The van der Waals surface area contributed by atoms with Crippen LogP contribution in [0.25, 0.3) is 0 Å². The fourth-order valence-electron chi connectivity index (χ4n) is 2.31. The smallest absolute Gasteiger partial charge is 0.129 e. The van der Waals surface area contributed by atoms with Gasteiger partial charge in [-0.15, -0.1) is 24.8 Å². The lowest BCUT2D eigenvalue weighted by Gasteiger charge is -2.14. The summed E-state index contributed by atoms with van der Waals surface area (Å²) in [6, 6.07) is 12.4. The number of aliphatic hydroxyl groups is 1. The highest BCUT2D eigenvalue weighted by molar-refractivity contribution is 9.10. The monoisotopic (exact) mass is 482 g/mol. The number of hydrogen-bond donors (Lipinski definition) is 3. The molecule has 2 aromatic carbocycles. The van der Waals surface area contributed by atoms with Crippen molar-refractivity contribution in [1.29, 1.82) is 0 Å². The molecule has 2 rings (SSSR count). The second-order valence-electron chi connectivity index (χ2n) is 5.86. The molecule has 0 aliphatic rings. The Morgan fingerprint density at radius 1 is 1.07 bits per heavy atom. The zero-order valence-corrected chi connectivity index (χ0v) is 18.3. The van der Waals surface area contributed by atoms with Gasteiger partial charge >= 0.3 is 0 Å². The van der Waals surface area contributed by atoms with Crippen molar-refractivity contribution in [2.24, 2.45) is 0 Å². The Morgan fingerprint density at radius 3 is 2.48 bits per heavy atom. The molecule has 0 aliphatic carbocycles. The third-order valence-corrected chi connectivity index (χ3v) is 4.09. The van der Waals surface area contributed by atoms with Crippen LogP contribution in [0.4, 0.5) is 4.39 Å². The van der Waals surface area contributed by atoms with E-state index in [-0.39, 0.29) is 43.3 Å². The van der Waals surface area contributed by atoms with Gasteiger partial charge < -0.3 is 20.5 Å². The summed E-state index contributed by atoms with van der Waals surface area (Å²) < 4.78 is 20.5. The van der Waals surface area contributed by atoms with Gasteiger partial charge in [-0.3, -0.25) is 0 Å². The lowest BCUT2D eigenvalue weighted by Crippen LogP contribution is -2.31. The maximum atomic E-state index is 13.7. The molecule has 4 nitrogen and oxygen atoms in total. The molecule has 0 aromatic heterocycles. The molecule has 0 amide bonds. The van der Waals surface area contributed by atoms with Crippen molar-refractivity contribution in [1.82, 2.24) is 10.6 Å². The Morgan fingerprint density at radius 2 is 1.78 bits per heavy atom. The lowest BCUT2D eigenvalue weighted by molar-refractivity contribution is 0.191. The van der Waals surface area contributed by atoms with E-state index in [0.29, 0.717) is 18.7 Å². The van der Waals surface area contributed by atoms with Crippen LogP contribution in [0, 0.1) is 5.82 Å². The van der Waals surface area contributed by atoms with E-state index in [2.05, 4.69) is 26.6 Å². The first-order chi connectivity index (χ1) is 12.1. The van der Waals surface area contributed by atoms with Crippen LogP contribution in [0.3, 0.4) is 0 Å². The second-order valence-corrected chi connectivity index (χ2v) is 6.78. The van der Waals surface area contributed by atoms with Gasteiger partial charge in [-0.25, -0.2) is 4.39 Å². The van der Waals surface area contributed by atoms with Gasteiger partial charge in [0.2, 0.25) is 0 Å². The number of aliphatic hydroxyl groups excluding tert-OH is 1. The molecule has 0 saturated carbocycles. The van der Waals surface area contributed by atoms with E-state index in [9.17, 15) is 9.50 Å². The number of halogens is 4. The minimum absolute atomic E-state index is 0. The number of nitrogens with one attached hydrogen (secondary N) is 2. The molecule has 3 N–H and O–H groups in total. The Kier molecular flexibility index (Phi) is 13.7. The maximum Gasteiger partial charge on any atom is 0.129 e. The fourth-order valence-corrected chi connectivity index (χ4v) is 2.72. The van der Waals surface area contributed by atoms with E-state index < -0.39 is 0 Å². The van der Waals surface area contributed by atoms with Crippen molar-refractivity contribution >= 4 is 40.7 Å². The SMILES string of the molecule is CC(O)CNCCNCc1cc(Br)ccc1OCc1ccccc1F.Cl.Cl. The van der Waals surface area contributed by atoms with E-state index in [1.165, 1.54) is 6.07 Å². The molecule has 0 saturated heterocycles. The van der Waals surface area contributed by atoms with Crippen LogP contribution in [-0.2, 0) is 13.2 Å². The molecule has 1 atom stereocenters. The molecular weight excluding hydrogens is 458 g/mol. The van der Waals surface area contributed by atoms with Crippen molar-refractivity contribution in [3.63, 3.8) is 0 Å². The number of ether oxygens (including phenoxy) is 1. The van der Waals surface area contributed by atoms with Crippen molar-refractivity contribution < 1.29 is 14.2 Å². The van der Waals surface area contributed by atoms with E-state index in [4.69, 9.17) is 4.74 Å². The Hall–Kier alpha value is -0.890. The van der Waals surface area contributed by atoms with E-state index in [0.717, 1.165) is 28.9 Å². The number of rotatable bonds is 10. The molecule has 152 valence electrons. The zero-order chi connectivity index (χ0) is 18.1. The summed E-state index contributed by atoms with van der Waals surface area (Å²) in [5.41, 5.74) is 1.54. The van der Waals surface area contributed by atoms with Crippen LogP contribution < -0.4 is 15.4 Å². The van der Waals surface area contributed by atoms with Crippen LogP contribution in [0.5, 0.6) is 5.75 Å². The first-order valence-corrected chi connectivity index (χ1v) is 9.09. The number of benzene rings is 2. The highest BCUT2D eigenvalue weighted by Gasteiger charge is 2.07. The van der Waals surface area contributed by atoms with Crippen molar-refractivity contribution in [3.8, 4) is 5.75 Å². The highest BCUT2D eigenvalue weighted by atomic mass is 79.9. The summed E-state index contributed by atoms with van der Waals surface area (Å²) in [7, 11) is 0. The first-order valence-electron chi connectivity index (χ1n) is 8.30.